The summed E-state index contributed by atoms with van der Waals surface area (Å²) in [6, 6.07) is 5.44. The van der Waals surface area contributed by atoms with Gasteiger partial charge in [0, 0.05) is 18.3 Å². The Morgan fingerprint density at radius 3 is 2.53 bits per heavy atom. The van der Waals surface area contributed by atoms with Gasteiger partial charge in [-0.25, -0.2) is 4.98 Å². The number of carbonyl (C=O) groups is 1. The van der Waals surface area contributed by atoms with Gasteiger partial charge in [0.05, 0.1) is 18.4 Å². The van der Waals surface area contributed by atoms with Crippen molar-refractivity contribution < 1.29 is 18.0 Å². The predicted molar refractivity (Wildman–Crippen MR) is 106 cm³/mol. The molecule has 2 aliphatic rings. The number of likely N-dealkylation sites (tertiary alicyclic amines) is 1. The third-order valence-electron chi connectivity index (χ3n) is 5.88. The Morgan fingerprint density at radius 1 is 1.09 bits per heavy atom. The number of anilines is 1. The van der Waals surface area contributed by atoms with Gasteiger partial charge in [0.25, 0.3) is 5.91 Å². The summed E-state index contributed by atoms with van der Waals surface area (Å²) in [5, 5.41) is 18.3. The molecule has 0 unspecified atom stereocenters. The smallest absolute Gasteiger partial charge is 0.364 e. The van der Waals surface area contributed by atoms with Crippen molar-refractivity contribution in [2.45, 2.75) is 38.0 Å². The Labute approximate surface area is 180 Å². The fourth-order valence-corrected chi connectivity index (χ4v) is 4.51. The minimum atomic E-state index is -4.54. The number of nitrogens with zero attached hydrogens (tertiary/aromatic N) is 7. The Hall–Kier alpha value is -3.57. The third-order valence-corrected chi connectivity index (χ3v) is 5.88. The average molecular weight is 444 g/mol. The Morgan fingerprint density at radius 2 is 1.88 bits per heavy atom. The van der Waals surface area contributed by atoms with Crippen LogP contribution < -0.4 is 5.32 Å². The topological polar surface area (TPSA) is 102 Å². The molecule has 0 radical (unpaired) electrons. The molecule has 12 heteroatoms. The van der Waals surface area contributed by atoms with Crippen molar-refractivity contribution in [2.24, 2.45) is 5.92 Å². The number of aryl methyl sites for hydroxylation is 1. The van der Waals surface area contributed by atoms with E-state index in [4.69, 9.17) is 0 Å². The number of halogens is 3. The number of fused-ring (bicyclic) bond motifs is 2. The number of pyridine rings is 1. The molecule has 32 heavy (non-hydrogen) atoms. The molecule has 166 valence electrons. The molecule has 0 spiro atoms. The molecule has 2 bridgehead atoms. The van der Waals surface area contributed by atoms with Gasteiger partial charge in [-0.2, -0.15) is 23.4 Å². The summed E-state index contributed by atoms with van der Waals surface area (Å²) in [6.07, 6.45) is 0.113. The first-order valence-corrected chi connectivity index (χ1v) is 10.1. The van der Waals surface area contributed by atoms with Crippen LogP contribution in [0.25, 0.3) is 5.69 Å². The molecule has 1 N–H and O–H groups in total. The summed E-state index contributed by atoms with van der Waals surface area (Å²) in [7, 11) is 0. The lowest BCUT2D eigenvalue weighted by atomic mass is 10.0. The predicted octanol–water partition coefficient (Wildman–Crippen LogP) is 2.49. The van der Waals surface area contributed by atoms with Crippen LogP contribution in [-0.2, 0) is 6.18 Å². The van der Waals surface area contributed by atoms with E-state index in [2.05, 4.69) is 30.7 Å². The Balaban J connectivity index is 1.37. The van der Waals surface area contributed by atoms with Gasteiger partial charge >= 0.3 is 6.18 Å². The largest absolute Gasteiger partial charge is 0.435 e. The molecule has 3 aromatic rings. The van der Waals surface area contributed by atoms with E-state index in [0.29, 0.717) is 23.8 Å². The normalized spacial score (nSPS) is 22.4. The number of amides is 1. The summed E-state index contributed by atoms with van der Waals surface area (Å²) in [5.41, 5.74) is 0.412. The maximum Gasteiger partial charge on any atom is 0.435 e. The molecule has 1 saturated carbocycles. The van der Waals surface area contributed by atoms with E-state index in [0.717, 1.165) is 18.9 Å². The number of nitrogens with one attached hydrogen (secondary N) is 1. The zero-order chi connectivity index (χ0) is 22.5. The number of rotatable bonds is 4. The quantitative estimate of drug-likeness (QED) is 0.660. The monoisotopic (exact) mass is 444 g/mol. The molecule has 3 atom stereocenters. The zero-order valence-corrected chi connectivity index (χ0v) is 17.0. The molecule has 1 aliphatic carbocycles. The van der Waals surface area contributed by atoms with Crippen LogP contribution in [0, 0.1) is 12.8 Å². The Bertz CT molecular complexity index is 1130. The average Bonchev–Trinajstić information content (AvgIpc) is 3.50. The van der Waals surface area contributed by atoms with Gasteiger partial charge in [-0.15, -0.1) is 15.0 Å². The summed E-state index contributed by atoms with van der Waals surface area (Å²) in [5.74, 6) is 0.316. The minimum Gasteiger partial charge on any atom is -0.364 e. The van der Waals surface area contributed by atoms with Crippen LogP contribution in [0.15, 0.2) is 36.7 Å². The number of piperidine rings is 1. The molecule has 3 aromatic heterocycles. The van der Waals surface area contributed by atoms with Crippen LogP contribution >= 0.6 is 0 Å². The van der Waals surface area contributed by atoms with Crippen molar-refractivity contribution in [3.63, 3.8) is 0 Å². The van der Waals surface area contributed by atoms with E-state index in [1.165, 1.54) is 23.3 Å². The summed E-state index contributed by atoms with van der Waals surface area (Å²) in [4.78, 5) is 21.1. The molecule has 1 aliphatic heterocycles. The second kappa shape index (κ2) is 7.53. The molecule has 2 fully saturated rings. The van der Waals surface area contributed by atoms with Gasteiger partial charge in [-0.1, -0.05) is 0 Å². The number of hydrogen-bond donors (Lipinski definition) is 1. The van der Waals surface area contributed by atoms with Crippen LogP contribution in [0.2, 0.25) is 0 Å². The summed E-state index contributed by atoms with van der Waals surface area (Å²) < 4.78 is 38.2. The number of carbonyl (C=O) groups excluding carboxylic acids is 1. The maximum absolute atomic E-state index is 13.5. The van der Waals surface area contributed by atoms with Crippen molar-refractivity contribution in [2.75, 3.05) is 11.9 Å². The molecular formula is C20H19F3N8O. The van der Waals surface area contributed by atoms with Crippen molar-refractivity contribution >= 4 is 11.7 Å². The van der Waals surface area contributed by atoms with Crippen molar-refractivity contribution in [3.05, 3.63) is 53.7 Å². The van der Waals surface area contributed by atoms with Crippen LogP contribution in [-0.4, -0.2) is 59.6 Å². The molecule has 1 amide bonds. The molecule has 0 aromatic carbocycles. The van der Waals surface area contributed by atoms with E-state index in [1.54, 1.807) is 24.0 Å². The highest BCUT2D eigenvalue weighted by molar-refractivity contribution is 5.96. The fourth-order valence-electron chi connectivity index (χ4n) is 4.51. The first-order chi connectivity index (χ1) is 15.3. The van der Waals surface area contributed by atoms with Crippen LogP contribution in [0.1, 0.15) is 34.7 Å². The summed E-state index contributed by atoms with van der Waals surface area (Å²) >= 11 is 0. The van der Waals surface area contributed by atoms with Gasteiger partial charge in [-0.05, 0) is 49.9 Å². The van der Waals surface area contributed by atoms with E-state index in [1.807, 2.05) is 0 Å². The lowest BCUT2D eigenvalue weighted by Crippen LogP contribution is -2.48. The van der Waals surface area contributed by atoms with Gasteiger partial charge in [0.2, 0.25) is 0 Å². The van der Waals surface area contributed by atoms with Crippen LogP contribution in [0.4, 0.5) is 19.0 Å². The van der Waals surface area contributed by atoms with Crippen molar-refractivity contribution in [1.29, 1.82) is 0 Å². The molecule has 4 heterocycles. The van der Waals surface area contributed by atoms with E-state index in [-0.39, 0.29) is 29.5 Å². The van der Waals surface area contributed by atoms with Gasteiger partial charge in [0.15, 0.2) is 11.4 Å². The highest BCUT2D eigenvalue weighted by Gasteiger charge is 2.48. The second-order valence-electron chi connectivity index (χ2n) is 8.05. The van der Waals surface area contributed by atoms with Crippen molar-refractivity contribution in [3.8, 4) is 5.69 Å². The van der Waals surface area contributed by atoms with Crippen LogP contribution in [0.5, 0.6) is 0 Å². The lowest BCUT2D eigenvalue weighted by Gasteiger charge is -2.34. The van der Waals surface area contributed by atoms with Crippen molar-refractivity contribution in [1.82, 2.24) is 35.1 Å². The third kappa shape index (κ3) is 3.65. The molecular weight excluding hydrogens is 425 g/mol. The first-order valence-electron chi connectivity index (χ1n) is 10.1. The highest BCUT2D eigenvalue weighted by atomic mass is 19.4. The first kappa shape index (κ1) is 20.3. The van der Waals surface area contributed by atoms with Gasteiger partial charge < -0.3 is 10.2 Å². The van der Waals surface area contributed by atoms with E-state index < -0.39 is 11.9 Å². The van der Waals surface area contributed by atoms with E-state index >= 15 is 0 Å². The number of hydrogen-bond acceptors (Lipinski definition) is 7. The number of aromatic nitrogens is 6. The molecule has 5 rings (SSSR count). The minimum absolute atomic E-state index is 0.127. The standard InChI is InChI=1S/C20H19F3N8O/c1-11-2-3-14(31-24-6-7-25-31)18(26-11)19(32)30-10-12-8-13(15(30)9-12)27-17-5-4-16(28-29-17)20(21,22)23/h2-7,12-13,15H,8-10H2,1H3,(H,27,29)/t12-,13-,15+/m1/s1. The fraction of sp³-hybridized carbons (Fsp3) is 0.400. The summed E-state index contributed by atoms with van der Waals surface area (Å²) in [6.45, 7) is 2.41. The zero-order valence-electron chi connectivity index (χ0n) is 17.0. The molecule has 1 saturated heterocycles. The lowest BCUT2D eigenvalue weighted by molar-refractivity contribution is -0.141. The second-order valence-corrected chi connectivity index (χ2v) is 8.05. The maximum atomic E-state index is 13.5. The molecule has 9 nitrogen and oxygen atoms in total. The van der Waals surface area contributed by atoms with Crippen LogP contribution in [0.3, 0.4) is 0 Å². The van der Waals surface area contributed by atoms with E-state index in [9.17, 15) is 18.0 Å². The highest BCUT2D eigenvalue weighted by Crippen LogP contribution is 2.40. The van der Waals surface area contributed by atoms with Gasteiger partial charge in [0.1, 0.15) is 11.5 Å². The van der Waals surface area contributed by atoms with Gasteiger partial charge in [-0.3, -0.25) is 4.79 Å². The Kier molecular flexibility index (Phi) is 4.79. The number of alkyl halides is 3. The SMILES string of the molecule is Cc1ccc(-n2nccn2)c(C(=O)N2C[C@@H]3C[C@@H](Nc4ccc(C(F)(F)F)nn4)[C@@H]2C3)n1.